The van der Waals surface area contributed by atoms with E-state index in [9.17, 15) is 26.4 Å². The summed E-state index contributed by atoms with van der Waals surface area (Å²) >= 11 is 0. The minimum atomic E-state index is -5.03. The van der Waals surface area contributed by atoms with Crippen LogP contribution in [0.2, 0.25) is 0 Å². The molecule has 0 unspecified atom stereocenters. The number of hydrogen-bond acceptors (Lipinski definition) is 5. The van der Waals surface area contributed by atoms with Crippen molar-refractivity contribution in [2.24, 2.45) is 0 Å². The van der Waals surface area contributed by atoms with Crippen LogP contribution in [-0.2, 0) is 16.6 Å². The maximum absolute atomic E-state index is 12.4. The highest BCUT2D eigenvalue weighted by Crippen LogP contribution is 2.29. The molecule has 0 saturated carbocycles. The quantitative estimate of drug-likeness (QED) is 0.761. The van der Waals surface area contributed by atoms with Gasteiger partial charge in [-0.15, -0.1) is 13.2 Å². The minimum absolute atomic E-state index is 0.0177. The van der Waals surface area contributed by atoms with E-state index in [1.54, 1.807) is 13.0 Å². The maximum Gasteiger partial charge on any atom is 0.573 e. The second-order valence-corrected chi connectivity index (χ2v) is 7.15. The third kappa shape index (κ3) is 5.47. The summed E-state index contributed by atoms with van der Waals surface area (Å²) < 4.78 is 74.2. The second kappa shape index (κ2) is 8.01. The number of aromatic nitrogens is 1. The van der Waals surface area contributed by atoms with Crippen molar-refractivity contribution in [3.05, 3.63) is 52.4 Å². The Bertz CT molecular complexity index is 971. The molecule has 0 spiro atoms. The van der Waals surface area contributed by atoms with Gasteiger partial charge in [-0.2, -0.15) is 0 Å². The van der Waals surface area contributed by atoms with Gasteiger partial charge in [-0.25, -0.2) is 13.1 Å². The van der Waals surface area contributed by atoms with E-state index in [4.69, 9.17) is 4.74 Å². The van der Waals surface area contributed by atoms with E-state index in [1.165, 1.54) is 29.9 Å². The molecule has 2 rings (SSSR count). The van der Waals surface area contributed by atoms with E-state index in [-0.39, 0.29) is 13.1 Å². The molecule has 0 atom stereocenters. The molecule has 7 nitrogen and oxygen atoms in total. The number of methoxy groups -OCH3 is 1. The Morgan fingerprint density at radius 2 is 1.85 bits per heavy atom. The van der Waals surface area contributed by atoms with Crippen molar-refractivity contribution in [2.45, 2.75) is 24.7 Å². The molecule has 0 fully saturated rings. The molecule has 1 heterocycles. The van der Waals surface area contributed by atoms with Crippen molar-refractivity contribution in [3.63, 3.8) is 0 Å². The Morgan fingerprint density at radius 1 is 1.19 bits per heavy atom. The van der Waals surface area contributed by atoms with Gasteiger partial charge < -0.3 is 14.0 Å². The number of benzene rings is 1. The summed E-state index contributed by atoms with van der Waals surface area (Å²) in [5, 5.41) is 0. The molecule has 11 heteroatoms. The van der Waals surface area contributed by atoms with Crippen molar-refractivity contribution in [2.75, 3.05) is 13.7 Å². The lowest BCUT2D eigenvalue weighted by Crippen LogP contribution is -2.32. The predicted octanol–water partition coefficient (Wildman–Crippen LogP) is 2.04. The molecule has 2 aromatic rings. The van der Waals surface area contributed by atoms with Crippen LogP contribution in [0.1, 0.15) is 5.69 Å². The zero-order valence-electron chi connectivity index (χ0n) is 14.4. The molecule has 27 heavy (non-hydrogen) atoms. The van der Waals surface area contributed by atoms with Gasteiger partial charge in [-0.1, -0.05) is 12.1 Å². The van der Waals surface area contributed by atoms with Crippen molar-refractivity contribution in [1.82, 2.24) is 9.29 Å². The van der Waals surface area contributed by atoms with Gasteiger partial charge in [0.2, 0.25) is 10.0 Å². The number of hydrogen-bond donors (Lipinski definition) is 1. The van der Waals surface area contributed by atoms with E-state index in [0.29, 0.717) is 11.4 Å². The number of rotatable bonds is 7. The van der Waals surface area contributed by atoms with Crippen molar-refractivity contribution >= 4 is 10.0 Å². The monoisotopic (exact) mass is 406 g/mol. The molecule has 1 aromatic carbocycles. The van der Waals surface area contributed by atoms with E-state index in [0.717, 1.165) is 12.1 Å². The Balaban J connectivity index is 2.16. The number of para-hydroxylation sites is 1. The third-order valence-corrected chi connectivity index (χ3v) is 5.04. The highest BCUT2D eigenvalue weighted by atomic mass is 32.2. The lowest BCUT2D eigenvalue weighted by molar-refractivity contribution is -0.275. The van der Waals surface area contributed by atoms with Gasteiger partial charge in [0, 0.05) is 24.8 Å². The molecule has 0 amide bonds. The summed E-state index contributed by atoms with van der Waals surface area (Å²) in [5.74, 6) is -0.470. The molecule has 0 aliphatic rings. The normalized spacial score (nSPS) is 12.0. The highest BCUT2D eigenvalue weighted by molar-refractivity contribution is 7.89. The summed E-state index contributed by atoms with van der Waals surface area (Å²) in [7, 11) is -2.88. The predicted molar refractivity (Wildman–Crippen MR) is 90.3 cm³/mol. The zero-order chi connectivity index (χ0) is 20.2. The average Bonchev–Trinajstić information content (AvgIpc) is 2.56. The largest absolute Gasteiger partial charge is 0.573 e. The van der Waals surface area contributed by atoms with Crippen LogP contribution >= 0.6 is 0 Å². The fourth-order valence-corrected chi connectivity index (χ4v) is 3.50. The number of alkyl halides is 3. The van der Waals surface area contributed by atoms with Crippen LogP contribution in [0.15, 0.2) is 46.1 Å². The van der Waals surface area contributed by atoms with E-state index in [1.807, 2.05) is 0 Å². The van der Waals surface area contributed by atoms with E-state index < -0.39 is 32.6 Å². The van der Waals surface area contributed by atoms with Crippen molar-refractivity contribution < 1.29 is 31.1 Å². The van der Waals surface area contributed by atoms with Crippen LogP contribution in [0, 0.1) is 6.92 Å². The molecule has 0 bridgehead atoms. The summed E-state index contributed by atoms with van der Waals surface area (Å²) in [5.41, 5.74) is 0.145. The molecule has 0 saturated heterocycles. The molecule has 0 radical (unpaired) electrons. The molecule has 0 aliphatic carbocycles. The van der Waals surface area contributed by atoms with E-state index >= 15 is 0 Å². The molecular formula is C16H17F3N2O5S. The highest BCUT2D eigenvalue weighted by Gasteiger charge is 2.33. The van der Waals surface area contributed by atoms with Crippen molar-refractivity contribution in [3.8, 4) is 11.5 Å². The smallest absolute Gasteiger partial charge is 0.496 e. The Kier molecular flexibility index (Phi) is 6.16. The van der Waals surface area contributed by atoms with E-state index in [2.05, 4.69) is 9.46 Å². The van der Waals surface area contributed by atoms with Crippen LogP contribution in [0.5, 0.6) is 11.5 Å². The number of halogens is 3. The first-order chi connectivity index (χ1) is 12.5. The van der Waals surface area contributed by atoms with Gasteiger partial charge in [-0.3, -0.25) is 4.79 Å². The van der Waals surface area contributed by atoms with Gasteiger partial charge in [0.25, 0.3) is 5.56 Å². The first-order valence-corrected chi connectivity index (χ1v) is 9.12. The lowest BCUT2D eigenvalue weighted by Gasteiger charge is -2.15. The summed E-state index contributed by atoms with van der Waals surface area (Å²) in [6, 6.07) is 7.24. The number of sulfonamides is 1. The molecule has 148 valence electrons. The van der Waals surface area contributed by atoms with Gasteiger partial charge in [0.05, 0.1) is 7.11 Å². The SMILES string of the molecule is COc1cc(C)n(CCNS(=O)(=O)c2ccccc2OC(F)(F)F)c(=O)c1. The zero-order valence-corrected chi connectivity index (χ0v) is 15.2. The van der Waals surface area contributed by atoms with Gasteiger partial charge in [0.1, 0.15) is 16.4 Å². The van der Waals surface area contributed by atoms with Gasteiger partial charge in [-0.05, 0) is 25.1 Å². The van der Waals surface area contributed by atoms with Crippen molar-refractivity contribution in [1.29, 1.82) is 0 Å². The first-order valence-electron chi connectivity index (χ1n) is 7.63. The third-order valence-electron chi connectivity index (χ3n) is 3.54. The number of aryl methyl sites for hydroxylation is 1. The topological polar surface area (TPSA) is 86.6 Å². The van der Waals surface area contributed by atoms with Crippen LogP contribution in [-0.4, -0.2) is 33.0 Å². The fourth-order valence-electron chi connectivity index (χ4n) is 2.35. The van der Waals surface area contributed by atoms with Crippen LogP contribution in [0.3, 0.4) is 0 Å². The second-order valence-electron chi connectivity index (χ2n) is 5.42. The molecular weight excluding hydrogens is 389 g/mol. The molecule has 1 N–H and O–H groups in total. The van der Waals surface area contributed by atoms with Crippen LogP contribution in [0.4, 0.5) is 13.2 Å². The summed E-state index contributed by atoms with van der Waals surface area (Å²) in [4.78, 5) is 11.4. The van der Waals surface area contributed by atoms with Gasteiger partial charge >= 0.3 is 6.36 Å². The minimum Gasteiger partial charge on any atom is -0.496 e. The Labute approximate surface area is 153 Å². The summed E-state index contributed by atoms with van der Waals surface area (Å²) in [6.07, 6.45) is -5.03. The van der Waals surface area contributed by atoms with Crippen LogP contribution < -0.4 is 19.8 Å². The number of ether oxygens (including phenoxy) is 2. The Morgan fingerprint density at radius 3 is 2.44 bits per heavy atom. The van der Waals surface area contributed by atoms with Gasteiger partial charge in [0.15, 0.2) is 0 Å². The maximum atomic E-state index is 12.4. The number of nitrogens with one attached hydrogen (secondary N) is 1. The number of pyridine rings is 1. The molecule has 0 aliphatic heterocycles. The lowest BCUT2D eigenvalue weighted by atomic mass is 10.3. The number of nitrogens with zero attached hydrogens (tertiary/aromatic N) is 1. The molecule has 1 aromatic heterocycles. The average molecular weight is 406 g/mol. The first kappa shape index (κ1) is 20.8. The van der Waals surface area contributed by atoms with Crippen LogP contribution in [0.25, 0.3) is 0 Å². The Hall–Kier alpha value is -2.53. The fraction of sp³-hybridized carbons (Fsp3) is 0.312. The summed E-state index contributed by atoms with van der Waals surface area (Å²) in [6.45, 7) is 1.41. The standard InChI is InChI=1S/C16H17F3N2O5S/c1-11-9-12(25-2)10-15(22)21(11)8-7-20-27(23,24)14-6-4-3-5-13(14)26-16(17,18)19/h3-6,9-10,20H,7-8H2,1-2H3.